The van der Waals surface area contributed by atoms with Crippen molar-refractivity contribution in [2.75, 3.05) is 0 Å². The molecule has 2 heteroatoms. The third kappa shape index (κ3) is 2.57. The first-order valence-corrected chi connectivity index (χ1v) is 5.88. The molecule has 1 unspecified atom stereocenters. The normalized spacial score (nSPS) is 20.1. The fraction of sp³-hybridized carbons (Fsp3) is 0.615. The molecule has 0 aliphatic heterocycles. The summed E-state index contributed by atoms with van der Waals surface area (Å²) in [6.45, 7) is 2.02. The van der Waals surface area contributed by atoms with E-state index in [9.17, 15) is 5.11 Å². The van der Waals surface area contributed by atoms with Crippen molar-refractivity contribution in [2.45, 2.75) is 45.1 Å². The van der Waals surface area contributed by atoms with Gasteiger partial charge in [-0.1, -0.05) is 25.3 Å². The molecule has 0 aromatic carbocycles. The lowest BCUT2D eigenvalue weighted by atomic mass is 9.84. The van der Waals surface area contributed by atoms with E-state index in [1.165, 1.54) is 19.3 Å². The van der Waals surface area contributed by atoms with Gasteiger partial charge >= 0.3 is 0 Å². The minimum Gasteiger partial charge on any atom is -0.387 e. The first kappa shape index (κ1) is 10.6. The van der Waals surface area contributed by atoms with Crippen molar-refractivity contribution in [1.29, 1.82) is 0 Å². The summed E-state index contributed by atoms with van der Waals surface area (Å²) in [7, 11) is 0. The van der Waals surface area contributed by atoms with Crippen molar-refractivity contribution < 1.29 is 5.11 Å². The molecule has 2 nitrogen and oxygen atoms in total. The topological polar surface area (TPSA) is 33.1 Å². The van der Waals surface area contributed by atoms with Crippen LogP contribution in [0.25, 0.3) is 0 Å². The van der Waals surface area contributed by atoms with Gasteiger partial charge < -0.3 is 5.11 Å². The van der Waals surface area contributed by atoms with Gasteiger partial charge in [0.15, 0.2) is 0 Å². The quantitative estimate of drug-likeness (QED) is 0.805. The second kappa shape index (κ2) is 4.75. The smallest absolute Gasteiger partial charge is 0.0987 e. The summed E-state index contributed by atoms with van der Waals surface area (Å²) < 4.78 is 0. The average molecular weight is 205 g/mol. The van der Waals surface area contributed by atoms with Crippen molar-refractivity contribution in [3.63, 3.8) is 0 Å². The molecular weight excluding hydrogens is 186 g/mol. The summed E-state index contributed by atoms with van der Waals surface area (Å²) >= 11 is 0. The number of pyridine rings is 1. The molecule has 1 aromatic rings. The Kier molecular flexibility index (Phi) is 3.37. The van der Waals surface area contributed by atoms with Crippen molar-refractivity contribution in [3.8, 4) is 0 Å². The van der Waals surface area contributed by atoms with Gasteiger partial charge in [-0.05, 0) is 37.3 Å². The van der Waals surface area contributed by atoms with E-state index in [0.717, 1.165) is 24.1 Å². The van der Waals surface area contributed by atoms with Crippen LogP contribution < -0.4 is 0 Å². The second-order valence-corrected chi connectivity index (χ2v) is 4.60. The standard InChI is InChI=1S/C13H19NO/c1-10-7-8-12(14-9-10)13(15)11-5-3-2-4-6-11/h7-9,11,13,15H,2-6H2,1H3. The number of rotatable bonds is 2. The van der Waals surface area contributed by atoms with Crippen LogP contribution in [-0.2, 0) is 0 Å². The van der Waals surface area contributed by atoms with Crippen LogP contribution in [0.2, 0.25) is 0 Å². The number of hydrogen-bond acceptors (Lipinski definition) is 2. The molecule has 0 radical (unpaired) electrons. The van der Waals surface area contributed by atoms with E-state index >= 15 is 0 Å². The number of nitrogens with zero attached hydrogens (tertiary/aromatic N) is 1. The Morgan fingerprint density at radius 3 is 2.60 bits per heavy atom. The van der Waals surface area contributed by atoms with Crippen molar-refractivity contribution in [2.24, 2.45) is 5.92 Å². The zero-order chi connectivity index (χ0) is 10.7. The fourth-order valence-electron chi connectivity index (χ4n) is 2.35. The Morgan fingerprint density at radius 2 is 2.00 bits per heavy atom. The maximum Gasteiger partial charge on any atom is 0.0987 e. The third-order valence-electron chi connectivity index (χ3n) is 3.33. The fourth-order valence-corrected chi connectivity index (χ4v) is 2.35. The lowest BCUT2D eigenvalue weighted by molar-refractivity contribution is 0.0811. The Bertz CT molecular complexity index is 301. The summed E-state index contributed by atoms with van der Waals surface area (Å²) in [5.74, 6) is 0.425. The molecule has 15 heavy (non-hydrogen) atoms. The van der Waals surface area contributed by atoms with E-state index in [1.54, 1.807) is 0 Å². The lowest BCUT2D eigenvalue weighted by Gasteiger charge is -2.26. The van der Waals surface area contributed by atoms with Gasteiger partial charge in [0.1, 0.15) is 0 Å². The van der Waals surface area contributed by atoms with Gasteiger partial charge in [-0.25, -0.2) is 0 Å². The number of aliphatic hydroxyl groups is 1. The third-order valence-corrected chi connectivity index (χ3v) is 3.33. The summed E-state index contributed by atoms with van der Waals surface area (Å²) in [4.78, 5) is 4.30. The Hall–Kier alpha value is -0.890. The van der Waals surface area contributed by atoms with Crippen LogP contribution in [0.15, 0.2) is 18.3 Å². The highest BCUT2D eigenvalue weighted by Crippen LogP contribution is 2.33. The number of aryl methyl sites for hydroxylation is 1. The summed E-state index contributed by atoms with van der Waals surface area (Å²) in [5, 5.41) is 10.2. The predicted octanol–water partition coefficient (Wildman–Crippen LogP) is 3.00. The van der Waals surface area contributed by atoms with Crippen molar-refractivity contribution in [1.82, 2.24) is 4.98 Å². The second-order valence-electron chi connectivity index (χ2n) is 4.60. The molecular formula is C13H19NO. The van der Waals surface area contributed by atoms with E-state index in [2.05, 4.69) is 4.98 Å². The molecule has 1 aliphatic rings. The molecule has 2 rings (SSSR count). The van der Waals surface area contributed by atoms with Crippen LogP contribution in [0.3, 0.4) is 0 Å². The Labute approximate surface area is 91.4 Å². The number of hydrogen-bond donors (Lipinski definition) is 1. The summed E-state index contributed by atoms with van der Waals surface area (Å²) in [6.07, 6.45) is 7.62. The van der Waals surface area contributed by atoms with Gasteiger partial charge in [-0.3, -0.25) is 4.98 Å². The molecule has 1 aromatic heterocycles. The van der Waals surface area contributed by atoms with Crippen LogP contribution in [0.5, 0.6) is 0 Å². The molecule has 0 saturated heterocycles. The molecule has 1 aliphatic carbocycles. The predicted molar refractivity (Wildman–Crippen MR) is 60.5 cm³/mol. The first-order chi connectivity index (χ1) is 7.27. The van der Waals surface area contributed by atoms with E-state index in [1.807, 2.05) is 25.3 Å². The van der Waals surface area contributed by atoms with E-state index in [4.69, 9.17) is 0 Å². The monoisotopic (exact) mass is 205 g/mol. The van der Waals surface area contributed by atoms with E-state index in [0.29, 0.717) is 5.92 Å². The summed E-state index contributed by atoms with van der Waals surface area (Å²) in [5.41, 5.74) is 1.99. The van der Waals surface area contributed by atoms with Crippen LogP contribution >= 0.6 is 0 Å². The molecule has 0 spiro atoms. The zero-order valence-corrected chi connectivity index (χ0v) is 9.32. The van der Waals surface area contributed by atoms with Gasteiger partial charge in [0.05, 0.1) is 11.8 Å². The average Bonchev–Trinajstić information content (AvgIpc) is 2.30. The molecule has 1 atom stereocenters. The van der Waals surface area contributed by atoms with Gasteiger partial charge in [0.25, 0.3) is 0 Å². The molecule has 0 bridgehead atoms. The molecule has 1 fully saturated rings. The minimum atomic E-state index is -0.356. The molecule has 0 amide bonds. The largest absolute Gasteiger partial charge is 0.387 e. The molecule has 82 valence electrons. The minimum absolute atomic E-state index is 0.356. The SMILES string of the molecule is Cc1ccc(C(O)C2CCCCC2)nc1. The molecule has 1 heterocycles. The zero-order valence-electron chi connectivity index (χ0n) is 9.32. The van der Waals surface area contributed by atoms with Gasteiger partial charge in [0.2, 0.25) is 0 Å². The van der Waals surface area contributed by atoms with E-state index in [-0.39, 0.29) is 6.10 Å². The highest BCUT2D eigenvalue weighted by Gasteiger charge is 2.23. The lowest BCUT2D eigenvalue weighted by Crippen LogP contribution is -2.16. The highest BCUT2D eigenvalue weighted by atomic mass is 16.3. The maximum atomic E-state index is 10.2. The van der Waals surface area contributed by atoms with Crippen molar-refractivity contribution >= 4 is 0 Å². The summed E-state index contributed by atoms with van der Waals surface area (Å²) in [6, 6.07) is 3.98. The van der Waals surface area contributed by atoms with Crippen LogP contribution in [0.4, 0.5) is 0 Å². The van der Waals surface area contributed by atoms with Crippen molar-refractivity contribution in [3.05, 3.63) is 29.6 Å². The molecule has 1 saturated carbocycles. The van der Waals surface area contributed by atoms with Crippen LogP contribution in [0, 0.1) is 12.8 Å². The van der Waals surface area contributed by atoms with Crippen LogP contribution in [0.1, 0.15) is 49.5 Å². The maximum absolute atomic E-state index is 10.2. The first-order valence-electron chi connectivity index (χ1n) is 5.88. The number of aromatic nitrogens is 1. The number of aliphatic hydroxyl groups excluding tert-OH is 1. The van der Waals surface area contributed by atoms with Gasteiger partial charge in [-0.15, -0.1) is 0 Å². The Balaban J connectivity index is 2.05. The highest BCUT2D eigenvalue weighted by molar-refractivity contribution is 5.14. The van der Waals surface area contributed by atoms with Gasteiger partial charge in [0, 0.05) is 6.20 Å². The van der Waals surface area contributed by atoms with Crippen LogP contribution in [-0.4, -0.2) is 10.1 Å². The van der Waals surface area contributed by atoms with E-state index < -0.39 is 0 Å². The Morgan fingerprint density at radius 1 is 1.27 bits per heavy atom. The van der Waals surface area contributed by atoms with Gasteiger partial charge in [-0.2, -0.15) is 0 Å². The molecule has 1 N–H and O–H groups in total.